The molecule has 5 heteroatoms. The Hall–Kier alpha value is -2.11. The Morgan fingerprint density at radius 3 is 2.23 bits per heavy atom. The lowest BCUT2D eigenvalue weighted by atomic mass is 9.96. The van der Waals surface area contributed by atoms with E-state index in [9.17, 15) is 18.3 Å². The van der Waals surface area contributed by atoms with Crippen molar-refractivity contribution in [1.29, 1.82) is 0 Å². The van der Waals surface area contributed by atoms with E-state index in [4.69, 9.17) is 0 Å². The average molecular weight is 376 g/mol. The molecule has 0 aliphatic carbocycles. The van der Waals surface area contributed by atoms with Gasteiger partial charge in [0.25, 0.3) is 0 Å². The quantitative estimate of drug-likeness (QED) is 0.583. The lowest BCUT2D eigenvalue weighted by Crippen LogP contribution is -2.11. The lowest BCUT2D eigenvalue weighted by molar-refractivity contribution is -0.127. The average Bonchev–Trinajstić information content (AvgIpc) is 2.98. The Balaban J connectivity index is 1.88. The van der Waals surface area contributed by atoms with Crippen LogP contribution < -0.4 is 0 Å². The molecule has 1 aromatic heterocycles. The number of alkyl halides is 3. The summed E-state index contributed by atoms with van der Waals surface area (Å²) in [6.45, 7) is 2.01. The van der Waals surface area contributed by atoms with Gasteiger partial charge in [-0.25, -0.2) is 0 Å². The van der Waals surface area contributed by atoms with Gasteiger partial charge in [0.2, 0.25) is 0 Å². The van der Waals surface area contributed by atoms with E-state index in [1.807, 2.05) is 43.3 Å². The van der Waals surface area contributed by atoms with Crippen molar-refractivity contribution < 1.29 is 18.3 Å². The number of benzene rings is 2. The monoisotopic (exact) mass is 376 g/mol. The summed E-state index contributed by atoms with van der Waals surface area (Å²) in [7, 11) is 0. The summed E-state index contributed by atoms with van der Waals surface area (Å²) in [5.41, 5.74) is 3.27. The maximum atomic E-state index is 12.5. The number of hydrogen-bond acceptors (Lipinski definition) is 2. The molecule has 1 N–H and O–H groups in total. The fourth-order valence-corrected chi connectivity index (χ4v) is 4.33. The van der Waals surface area contributed by atoms with Crippen molar-refractivity contribution in [2.45, 2.75) is 25.4 Å². The van der Waals surface area contributed by atoms with E-state index in [2.05, 4.69) is 0 Å². The van der Waals surface area contributed by atoms with Gasteiger partial charge in [-0.05, 0) is 35.2 Å². The highest BCUT2D eigenvalue weighted by Gasteiger charge is 2.27. The molecule has 0 radical (unpaired) electrons. The lowest BCUT2D eigenvalue weighted by Gasteiger charge is -2.14. The Kier molecular flexibility index (Phi) is 5.49. The summed E-state index contributed by atoms with van der Waals surface area (Å²) in [6.07, 6.45) is -5.11. The van der Waals surface area contributed by atoms with Crippen molar-refractivity contribution in [1.82, 2.24) is 0 Å². The number of halogens is 3. The Labute approximate surface area is 154 Å². The summed E-state index contributed by atoms with van der Waals surface area (Å²) < 4.78 is 37.5. The molecule has 136 valence electrons. The van der Waals surface area contributed by atoms with Gasteiger partial charge in [-0.2, -0.15) is 13.2 Å². The fraction of sp³-hybridized carbons (Fsp3) is 0.238. The molecule has 0 spiro atoms. The van der Waals surface area contributed by atoms with Gasteiger partial charge in [0.1, 0.15) is 0 Å². The van der Waals surface area contributed by atoms with Gasteiger partial charge in [-0.3, -0.25) is 0 Å². The standard InChI is InChI=1S/C21H19F3OS/c1-14-11-19(17-9-7-15(8-10-17)12-21(22,23)24)26-20(14)18(13-25)16-5-3-2-4-6-16/h2-11,18,25H,12-13H2,1H3. The van der Waals surface area contributed by atoms with Gasteiger partial charge in [-0.1, -0.05) is 54.6 Å². The maximum absolute atomic E-state index is 12.5. The van der Waals surface area contributed by atoms with Crippen LogP contribution in [-0.2, 0) is 6.42 Å². The Morgan fingerprint density at radius 1 is 1.00 bits per heavy atom. The number of rotatable bonds is 5. The Bertz CT molecular complexity index is 851. The molecular formula is C21H19F3OS. The Morgan fingerprint density at radius 2 is 1.65 bits per heavy atom. The molecule has 0 bridgehead atoms. The van der Waals surface area contributed by atoms with Crippen LogP contribution in [0.25, 0.3) is 10.4 Å². The summed E-state index contributed by atoms with van der Waals surface area (Å²) in [4.78, 5) is 2.07. The summed E-state index contributed by atoms with van der Waals surface area (Å²) in [6, 6.07) is 18.4. The molecule has 0 aliphatic rings. The number of aliphatic hydroxyl groups excluding tert-OH is 1. The summed E-state index contributed by atoms with van der Waals surface area (Å²) >= 11 is 1.58. The first-order valence-electron chi connectivity index (χ1n) is 8.29. The zero-order chi connectivity index (χ0) is 18.7. The molecule has 3 aromatic rings. The van der Waals surface area contributed by atoms with Crippen molar-refractivity contribution in [2.24, 2.45) is 0 Å². The molecule has 1 nitrogen and oxygen atoms in total. The van der Waals surface area contributed by atoms with Crippen LogP contribution in [0.3, 0.4) is 0 Å². The SMILES string of the molecule is Cc1cc(-c2ccc(CC(F)(F)F)cc2)sc1C(CO)c1ccccc1. The second kappa shape index (κ2) is 7.64. The predicted molar refractivity (Wildman–Crippen MR) is 99.6 cm³/mol. The maximum Gasteiger partial charge on any atom is 0.393 e. The second-order valence-electron chi connectivity index (χ2n) is 6.29. The third-order valence-electron chi connectivity index (χ3n) is 4.30. The summed E-state index contributed by atoms with van der Waals surface area (Å²) in [5.74, 6) is -0.0977. The normalized spacial score (nSPS) is 13.0. The van der Waals surface area contributed by atoms with Crippen LogP contribution in [0.2, 0.25) is 0 Å². The number of aliphatic hydroxyl groups is 1. The van der Waals surface area contributed by atoms with E-state index in [1.165, 1.54) is 12.1 Å². The number of thiophene rings is 1. The highest BCUT2D eigenvalue weighted by molar-refractivity contribution is 7.15. The molecular weight excluding hydrogens is 357 g/mol. The molecule has 2 aromatic carbocycles. The van der Waals surface area contributed by atoms with Gasteiger partial charge >= 0.3 is 6.18 Å². The highest BCUT2D eigenvalue weighted by Crippen LogP contribution is 2.38. The van der Waals surface area contributed by atoms with Gasteiger partial charge < -0.3 is 5.11 Å². The number of hydrogen-bond donors (Lipinski definition) is 1. The molecule has 3 rings (SSSR count). The zero-order valence-corrected chi connectivity index (χ0v) is 15.1. The topological polar surface area (TPSA) is 20.2 Å². The van der Waals surface area contributed by atoms with Crippen LogP contribution in [0.5, 0.6) is 0 Å². The number of aryl methyl sites for hydroxylation is 1. The molecule has 26 heavy (non-hydrogen) atoms. The molecule has 1 unspecified atom stereocenters. The minimum Gasteiger partial charge on any atom is -0.395 e. The zero-order valence-electron chi connectivity index (χ0n) is 14.3. The van der Waals surface area contributed by atoms with Crippen LogP contribution in [-0.4, -0.2) is 17.9 Å². The fourth-order valence-electron chi connectivity index (χ4n) is 3.03. The smallest absolute Gasteiger partial charge is 0.393 e. The van der Waals surface area contributed by atoms with E-state index in [0.29, 0.717) is 0 Å². The van der Waals surface area contributed by atoms with Crippen molar-refractivity contribution in [3.63, 3.8) is 0 Å². The van der Waals surface area contributed by atoms with Crippen LogP contribution in [0.15, 0.2) is 60.7 Å². The molecule has 0 saturated heterocycles. The third kappa shape index (κ3) is 4.34. The van der Waals surface area contributed by atoms with E-state index in [1.54, 1.807) is 23.5 Å². The van der Waals surface area contributed by atoms with Gasteiger partial charge in [0.15, 0.2) is 0 Å². The van der Waals surface area contributed by atoms with Gasteiger partial charge in [0.05, 0.1) is 13.0 Å². The minimum absolute atomic E-state index is 0.00925. The predicted octanol–water partition coefficient (Wildman–Crippen LogP) is 5.95. The molecule has 0 amide bonds. The first-order chi connectivity index (χ1) is 12.4. The molecule has 0 aliphatic heterocycles. The molecule has 0 saturated carbocycles. The van der Waals surface area contributed by atoms with Crippen LogP contribution in [0.1, 0.15) is 27.5 Å². The van der Waals surface area contributed by atoms with Crippen molar-refractivity contribution in [2.75, 3.05) is 6.61 Å². The van der Waals surface area contributed by atoms with E-state index in [-0.39, 0.29) is 18.1 Å². The second-order valence-corrected chi connectivity index (χ2v) is 7.38. The molecule has 1 heterocycles. The third-order valence-corrected chi connectivity index (χ3v) is 5.70. The van der Waals surface area contributed by atoms with Crippen LogP contribution in [0.4, 0.5) is 13.2 Å². The van der Waals surface area contributed by atoms with Crippen LogP contribution in [0, 0.1) is 6.92 Å². The highest BCUT2D eigenvalue weighted by atomic mass is 32.1. The van der Waals surface area contributed by atoms with Gasteiger partial charge in [0, 0.05) is 15.7 Å². The van der Waals surface area contributed by atoms with Crippen molar-refractivity contribution in [3.8, 4) is 10.4 Å². The molecule has 1 atom stereocenters. The van der Waals surface area contributed by atoms with Crippen LogP contribution >= 0.6 is 11.3 Å². The first-order valence-corrected chi connectivity index (χ1v) is 9.11. The van der Waals surface area contributed by atoms with Crippen molar-refractivity contribution in [3.05, 3.63) is 82.2 Å². The van der Waals surface area contributed by atoms with E-state index < -0.39 is 12.6 Å². The molecule has 0 fully saturated rings. The van der Waals surface area contributed by atoms with Gasteiger partial charge in [-0.15, -0.1) is 11.3 Å². The van der Waals surface area contributed by atoms with E-state index in [0.717, 1.165) is 26.4 Å². The van der Waals surface area contributed by atoms with Crippen molar-refractivity contribution >= 4 is 11.3 Å². The first kappa shape index (κ1) is 18.7. The largest absolute Gasteiger partial charge is 0.395 e. The minimum atomic E-state index is -4.20. The van der Waals surface area contributed by atoms with E-state index >= 15 is 0 Å². The summed E-state index contributed by atoms with van der Waals surface area (Å²) in [5, 5.41) is 9.88.